The van der Waals surface area contributed by atoms with Gasteiger partial charge in [-0.3, -0.25) is 4.79 Å². The van der Waals surface area contributed by atoms with Gasteiger partial charge in [0, 0.05) is 6.42 Å². The van der Waals surface area contributed by atoms with Crippen molar-refractivity contribution in [3.8, 4) is 0 Å². The van der Waals surface area contributed by atoms with E-state index in [1.807, 2.05) is 43.3 Å². The van der Waals surface area contributed by atoms with E-state index in [9.17, 15) is 4.79 Å². The summed E-state index contributed by atoms with van der Waals surface area (Å²) in [6.45, 7) is 3.93. The highest BCUT2D eigenvalue weighted by atomic mass is 16.1. The topological polar surface area (TPSA) is 29.1 Å². The van der Waals surface area contributed by atoms with Crippen molar-refractivity contribution in [2.75, 3.05) is 0 Å². The first kappa shape index (κ1) is 13.3. The SMILES string of the molecule is CCC(=O)NC(c1ccccc1)c1cccc(C)c1. The number of carbonyl (C=O) groups is 1. The summed E-state index contributed by atoms with van der Waals surface area (Å²) >= 11 is 0. The molecular weight excluding hydrogens is 234 g/mol. The van der Waals surface area contributed by atoms with Crippen molar-refractivity contribution < 1.29 is 4.79 Å². The number of nitrogens with one attached hydrogen (secondary N) is 1. The van der Waals surface area contributed by atoms with Gasteiger partial charge in [-0.25, -0.2) is 0 Å². The van der Waals surface area contributed by atoms with Crippen molar-refractivity contribution in [2.45, 2.75) is 26.3 Å². The number of hydrogen-bond acceptors (Lipinski definition) is 1. The Balaban J connectivity index is 2.37. The van der Waals surface area contributed by atoms with E-state index in [0.717, 1.165) is 11.1 Å². The molecule has 2 rings (SSSR count). The Kier molecular flexibility index (Phi) is 4.35. The molecule has 0 spiro atoms. The predicted octanol–water partition coefficient (Wildman–Crippen LogP) is 3.61. The van der Waals surface area contributed by atoms with Gasteiger partial charge in [0.2, 0.25) is 5.91 Å². The summed E-state index contributed by atoms with van der Waals surface area (Å²) in [5.41, 5.74) is 3.42. The predicted molar refractivity (Wildman–Crippen MR) is 77.9 cm³/mol. The highest BCUT2D eigenvalue weighted by Gasteiger charge is 2.15. The van der Waals surface area contributed by atoms with Gasteiger partial charge in [-0.15, -0.1) is 0 Å². The van der Waals surface area contributed by atoms with Crippen molar-refractivity contribution in [1.29, 1.82) is 0 Å². The molecule has 0 aromatic heterocycles. The van der Waals surface area contributed by atoms with Crippen LogP contribution in [0.15, 0.2) is 54.6 Å². The lowest BCUT2D eigenvalue weighted by Gasteiger charge is -2.20. The summed E-state index contributed by atoms with van der Waals surface area (Å²) in [5.74, 6) is 0.0651. The summed E-state index contributed by atoms with van der Waals surface area (Å²) in [6, 6.07) is 18.3. The molecule has 0 aliphatic heterocycles. The van der Waals surface area contributed by atoms with Crippen molar-refractivity contribution in [3.63, 3.8) is 0 Å². The van der Waals surface area contributed by atoms with Crippen molar-refractivity contribution in [1.82, 2.24) is 5.32 Å². The fraction of sp³-hybridized carbons (Fsp3) is 0.235. The van der Waals surface area contributed by atoms with E-state index >= 15 is 0 Å². The Bertz CT molecular complexity index is 548. The van der Waals surface area contributed by atoms with Gasteiger partial charge in [0.25, 0.3) is 0 Å². The Hall–Kier alpha value is -2.09. The van der Waals surface area contributed by atoms with E-state index in [-0.39, 0.29) is 11.9 Å². The van der Waals surface area contributed by atoms with Gasteiger partial charge >= 0.3 is 0 Å². The van der Waals surface area contributed by atoms with Gasteiger partial charge in [0.1, 0.15) is 0 Å². The molecule has 0 fully saturated rings. The van der Waals surface area contributed by atoms with Crippen molar-refractivity contribution >= 4 is 5.91 Å². The van der Waals surface area contributed by atoms with E-state index in [2.05, 4.69) is 30.4 Å². The maximum absolute atomic E-state index is 11.7. The van der Waals surface area contributed by atoms with Crippen LogP contribution in [-0.4, -0.2) is 5.91 Å². The molecule has 19 heavy (non-hydrogen) atoms. The first-order chi connectivity index (χ1) is 9.20. The lowest BCUT2D eigenvalue weighted by molar-refractivity contribution is -0.121. The first-order valence-electron chi connectivity index (χ1n) is 6.61. The van der Waals surface area contributed by atoms with Crippen LogP contribution in [-0.2, 0) is 4.79 Å². The summed E-state index contributed by atoms with van der Waals surface area (Å²) in [5, 5.41) is 3.09. The number of benzene rings is 2. The Morgan fingerprint density at radius 3 is 2.37 bits per heavy atom. The van der Waals surface area contributed by atoms with Crippen LogP contribution in [0.5, 0.6) is 0 Å². The second kappa shape index (κ2) is 6.19. The number of rotatable bonds is 4. The van der Waals surface area contributed by atoms with Gasteiger partial charge in [-0.2, -0.15) is 0 Å². The number of aryl methyl sites for hydroxylation is 1. The molecule has 1 atom stereocenters. The zero-order chi connectivity index (χ0) is 13.7. The molecule has 0 bridgehead atoms. The third kappa shape index (κ3) is 3.44. The van der Waals surface area contributed by atoms with Gasteiger partial charge < -0.3 is 5.32 Å². The highest BCUT2D eigenvalue weighted by Crippen LogP contribution is 2.22. The highest BCUT2D eigenvalue weighted by molar-refractivity contribution is 5.76. The van der Waals surface area contributed by atoms with Crippen LogP contribution in [0.2, 0.25) is 0 Å². The van der Waals surface area contributed by atoms with Crippen LogP contribution in [0.4, 0.5) is 0 Å². The molecule has 2 aromatic rings. The molecule has 1 N–H and O–H groups in total. The standard InChI is InChI=1S/C17H19NO/c1-3-16(19)18-17(14-9-5-4-6-10-14)15-11-7-8-13(2)12-15/h4-12,17H,3H2,1-2H3,(H,18,19). The molecule has 1 amide bonds. The molecule has 2 aromatic carbocycles. The molecule has 0 radical (unpaired) electrons. The van der Waals surface area contributed by atoms with Gasteiger partial charge in [-0.05, 0) is 18.1 Å². The van der Waals surface area contributed by atoms with E-state index < -0.39 is 0 Å². The van der Waals surface area contributed by atoms with E-state index in [4.69, 9.17) is 0 Å². The van der Waals surface area contributed by atoms with Crippen molar-refractivity contribution in [2.24, 2.45) is 0 Å². The maximum atomic E-state index is 11.7. The number of amides is 1. The second-order valence-corrected chi connectivity index (χ2v) is 4.68. The van der Waals surface area contributed by atoms with E-state index in [1.54, 1.807) is 0 Å². The fourth-order valence-electron chi connectivity index (χ4n) is 2.12. The average Bonchev–Trinajstić information content (AvgIpc) is 2.45. The van der Waals surface area contributed by atoms with Gasteiger partial charge in [0.15, 0.2) is 0 Å². The van der Waals surface area contributed by atoms with Gasteiger partial charge in [-0.1, -0.05) is 67.1 Å². The molecule has 0 heterocycles. The maximum Gasteiger partial charge on any atom is 0.220 e. The third-order valence-electron chi connectivity index (χ3n) is 3.13. The lowest BCUT2D eigenvalue weighted by Crippen LogP contribution is -2.28. The average molecular weight is 253 g/mol. The summed E-state index contributed by atoms with van der Waals surface area (Å²) in [4.78, 5) is 11.7. The summed E-state index contributed by atoms with van der Waals surface area (Å²) < 4.78 is 0. The zero-order valence-electron chi connectivity index (χ0n) is 11.4. The molecule has 0 saturated heterocycles. The van der Waals surface area contributed by atoms with Gasteiger partial charge in [0.05, 0.1) is 6.04 Å². The molecule has 1 unspecified atom stereocenters. The van der Waals surface area contributed by atoms with Crippen LogP contribution < -0.4 is 5.32 Å². The third-order valence-corrected chi connectivity index (χ3v) is 3.13. The summed E-state index contributed by atoms with van der Waals surface area (Å²) in [7, 11) is 0. The van der Waals surface area contributed by atoms with Crippen molar-refractivity contribution in [3.05, 3.63) is 71.3 Å². The molecule has 0 saturated carbocycles. The molecule has 0 aliphatic rings. The Morgan fingerprint density at radius 1 is 1.05 bits per heavy atom. The number of carbonyl (C=O) groups excluding carboxylic acids is 1. The Morgan fingerprint density at radius 2 is 1.74 bits per heavy atom. The molecule has 2 nitrogen and oxygen atoms in total. The zero-order valence-corrected chi connectivity index (χ0v) is 11.4. The minimum atomic E-state index is -0.0754. The quantitative estimate of drug-likeness (QED) is 0.886. The number of hydrogen-bond donors (Lipinski definition) is 1. The molecule has 98 valence electrons. The largest absolute Gasteiger partial charge is 0.345 e. The molecule has 2 heteroatoms. The normalized spacial score (nSPS) is 11.9. The minimum Gasteiger partial charge on any atom is -0.345 e. The lowest BCUT2D eigenvalue weighted by atomic mass is 9.97. The van der Waals surface area contributed by atoms with E-state index in [1.165, 1.54) is 5.56 Å². The van der Waals surface area contributed by atoms with Crippen LogP contribution >= 0.6 is 0 Å². The second-order valence-electron chi connectivity index (χ2n) is 4.68. The first-order valence-corrected chi connectivity index (χ1v) is 6.61. The molecule has 0 aliphatic carbocycles. The monoisotopic (exact) mass is 253 g/mol. The van der Waals surface area contributed by atoms with Crippen LogP contribution in [0, 0.1) is 6.92 Å². The fourth-order valence-corrected chi connectivity index (χ4v) is 2.12. The van der Waals surface area contributed by atoms with E-state index in [0.29, 0.717) is 6.42 Å². The Labute approximate surface area is 114 Å². The van der Waals surface area contributed by atoms with Crippen LogP contribution in [0.1, 0.15) is 36.1 Å². The smallest absolute Gasteiger partial charge is 0.220 e. The summed E-state index contributed by atoms with van der Waals surface area (Å²) in [6.07, 6.45) is 0.495. The molecular formula is C17H19NO. The van der Waals surface area contributed by atoms with Crippen LogP contribution in [0.25, 0.3) is 0 Å². The minimum absolute atomic E-state index is 0.0651. The van der Waals surface area contributed by atoms with Crippen LogP contribution in [0.3, 0.4) is 0 Å².